The monoisotopic (exact) mass is 284 g/mol. The van der Waals surface area contributed by atoms with Crippen LogP contribution in [0.3, 0.4) is 0 Å². The van der Waals surface area contributed by atoms with Crippen molar-refractivity contribution in [3.05, 3.63) is 60.2 Å². The first kappa shape index (κ1) is 14.4. The van der Waals surface area contributed by atoms with Crippen LogP contribution >= 0.6 is 0 Å². The molecule has 2 aromatic rings. The maximum atomic E-state index is 11.7. The fourth-order valence-corrected chi connectivity index (χ4v) is 1.62. The summed E-state index contributed by atoms with van der Waals surface area (Å²) in [7, 11) is 0. The highest BCUT2D eigenvalue weighted by Crippen LogP contribution is 2.13. The molecule has 2 rings (SSSR count). The van der Waals surface area contributed by atoms with Gasteiger partial charge < -0.3 is 16.2 Å². The molecule has 0 heterocycles. The van der Waals surface area contributed by atoms with Gasteiger partial charge in [-0.2, -0.15) is 0 Å². The molecule has 0 aliphatic heterocycles. The summed E-state index contributed by atoms with van der Waals surface area (Å²) in [6.07, 6.45) is -0.543. The molecular weight excluding hydrogens is 268 g/mol. The van der Waals surface area contributed by atoms with Gasteiger partial charge in [0.05, 0.1) is 6.54 Å². The van der Waals surface area contributed by atoms with Crippen molar-refractivity contribution in [2.75, 3.05) is 5.32 Å². The third-order valence-electron chi connectivity index (χ3n) is 2.60. The number of carbonyl (C=O) groups excluding carboxylic acids is 1. The summed E-state index contributed by atoms with van der Waals surface area (Å²) in [5, 5.41) is 2.64. The van der Waals surface area contributed by atoms with Gasteiger partial charge in [0, 0.05) is 5.69 Å². The molecule has 0 radical (unpaired) electrons. The van der Waals surface area contributed by atoms with E-state index >= 15 is 0 Å². The largest absolute Gasteiger partial charge is 0.417 e. The van der Waals surface area contributed by atoms with Crippen molar-refractivity contribution in [2.45, 2.75) is 6.54 Å². The Morgan fingerprint density at radius 3 is 2.33 bits per heavy atom. The SMILES string of the molecule is NC(N)=NCc1ccc(NC(=O)Oc2ccccc2)cc1. The lowest BCUT2D eigenvalue weighted by Crippen LogP contribution is -2.22. The second kappa shape index (κ2) is 6.95. The summed E-state index contributed by atoms with van der Waals surface area (Å²) < 4.78 is 5.12. The number of anilines is 1. The lowest BCUT2D eigenvalue weighted by molar-refractivity contribution is 0.215. The minimum absolute atomic E-state index is 0.0450. The van der Waals surface area contributed by atoms with E-state index in [0.29, 0.717) is 18.0 Å². The smallest absolute Gasteiger partial charge is 0.410 e. The van der Waals surface area contributed by atoms with Crippen LogP contribution in [0.1, 0.15) is 5.56 Å². The molecule has 0 spiro atoms. The van der Waals surface area contributed by atoms with Crippen molar-refractivity contribution in [2.24, 2.45) is 16.5 Å². The van der Waals surface area contributed by atoms with Gasteiger partial charge in [0.15, 0.2) is 5.96 Å². The van der Waals surface area contributed by atoms with Crippen LogP contribution in [0.2, 0.25) is 0 Å². The molecule has 0 atom stereocenters. The highest BCUT2D eigenvalue weighted by Gasteiger charge is 2.04. The van der Waals surface area contributed by atoms with E-state index < -0.39 is 6.09 Å². The quantitative estimate of drug-likeness (QED) is 0.590. The number of hydrogen-bond donors (Lipinski definition) is 3. The van der Waals surface area contributed by atoms with Crippen molar-refractivity contribution in [3.63, 3.8) is 0 Å². The summed E-state index contributed by atoms with van der Waals surface area (Å²) in [5.74, 6) is 0.531. The molecule has 5 N–H and O–H groups in total. The molecule has 0 aliphatic carbocycles. The highest BCUT2D eigenvalue weighted by atomic mass is 16.6. The summed E-state index contributed by atoms with van der Waals surface area (Å²) >= 11 is 0. The fourth-order valence-electron chi connectivity index (χ4n) is 1.62. The molecular formula is C15H16N4O2. The number of nitrogens with two attached hydrogens (primary N) is 2. The molecule has 108 valence electrons. The minimum atomic E-state index is -0.543. The van der Waals surface area contributed by atoms with Crippen molar-refractivity contribution in [3.8, 4) is 5.75 Å². The predicted octanol–water partition coefficient (Wildman–Crippen LogP) is 2.07. The topological polar surface area (TPSA) is 103 Å². The van der Waals surface area contributed by atoms with Gasteiger partial charge in [0.1, 0.15) is 5.75 Å². The first-order valence-corrected chi connectivity index (χ1v) is 6.32. The number of hydrogen-bond acceptors (Lipinski definition) is 3. The van der Waals surface area contributed by atoms with Crippen LogP contribution in [0, 0.1) is 0 Å². The standard InChI is InChI=1S/C15H16N4O2/c16-14(17)18-10-11-6-8-12(9-7-11)19-15(20)21-13-4-2-1-3-5-13/h1-9H,10H2,(H,19,20)(H4,16,17,18). The summed E-state index contributed by atoms with van der Waals surface area (Å²) in [5.41, 5.74) is 12.1. The van der Waals surface area contributed by atoms with Crippen molar-refractivity contribution < 1.29 is 9.53 Å². The number of nitrogens with one attached hydrogen (secondary N) is 1. The highest BCUT2D eigenvalue weighted by molar-refractivity contribution is 5.86. The molecule has 0 unspecified atom stereocenters. The zero-order valence-electron chi connectivity index (χ0n) is 11.3. The zero-order chi connectivity index (χ0) is 15.1. The average molecular weight is 284 g/mol. The van der Waals surface area contributed by atoms with Crippen LogP contribution in [-0.2, 0) is 6.54 Å². The number of para-hydroxylation sites is 1. The minimum Gasteiger partial charge on any atom is -0.410 e. The Kier molecular flexibility index (Phi) is 4.76. The van der Waals surface area contributed by atoms with Gasteiger partial charge in [-0.1, -0.05) is 30.3 Å². The number of amides is 1. The van der Waals surface area contributed by atoms with Crippen molar-refractivity contribution in [1.82, 2.24) is 0 Å². The first-order chi connectivity index (χ1) is 10.1. The Labute approximate surface area is 122 Å². The molecule has 0 saturated heterocycles. The van der Waals surface area contributed by atoms with Crippen LogP contribution in [-0.4, -0.2) is 12.1 Å². The van der Waals surface area contributed by atoms with Gasteiger partial charge in [-0.15, -0.1) is 0 Å². The van der Waals surface area contributed by atoms with E-state index in [-0.39, 0.29) is 5.96 Å². The van der Waals surface area contributed by atoms with Crippen LogP contribution in [0.25, 0.3) is 0 Å². The zero-order valence-corrected chi connectivity index (χ0v) is 11.3. The number of benzene rings is 2. The lowest BCUT2D eigenvalue weighted by Gasteiger charge is -2.07. The summed E-state index contributed by atoms with van der Waals surface area (Å²) in [6, 6.07) is 16.0. The molecule has 0 fully saturated rings. The Morgan fingerprint density at radius 1 is 1.05 bits per heavy atom. The summed E-state index contributed by atoms with van der Waals surface area (Å²) in [6.45, 7) is 0.400. The number of nitrogens with zero attached hydrogens (tertiary/aromatic N) is 1. The fraction of sp³-hybridized carbons (Fsp3) is 0.0667. The van der Waals surface area contributed by atoms with Crippen molar-refractivity contribution in [1.29, 1.82) is 0 Å². The van der Waals surface area contributed by atoms with Crippen LogP contribution < -0.4 is 21.5 Å². The van der Waals surface area contributed by atoms with E-state index in [9.17, 15) is 4.79 Å². The maximum Gasteiger partial charge on any atom is 0.417 e. The van der Waals surface area contributed by atoms with Gasteiger partial charge >= 0.3 is 6.09 Å². The molecule has 0 bridgehead atoms. The van der Waals surface area contributed by atoms with E-state index in [2.05, 4.69) is 10.3 Å². The van der Waals surface area contributed by atoms with E-state index in [1.165, 1.54) is 0 Å². The number of carbonyl (C=O) groups is 1. The van der Waals surface area contributed by atoms with Crippen molar-refractivity contribution >= 4 is 17.7 Å². The number of guanidine groups is 1. The van der Waals surface area contributed by atoms with Gasteiger partial charge in [-0.25, -0.2) is 9.79 Å². The van der Waals surface area contributed by atoms with Crippen LogP contribution in [0.15, 0.2) is 59.6 Å². The third kappa shape index (κ3) is 4.87. The maximum absolute atomic E-state index is 11.7. The number of aliphatic imine (C=N–C) groups is 1. The molecule has 21 heavy (non-hydrogen) atoms. The predicted molar refractivity (Wildman–Crippen MR) is 82.0 cm³/mol. The summed E-state index contributed by atoms with van der Waals surface area (Å²) in [4.78, 5) is 15.6. The second-order valence-corrected chi connectivity index (χ2v) is 4.27. The van der Waals surface area contributed by atoms with E-state index in [1.807, 2.05) is 18.2 Å². The van der Waals surface area contributed by atoms with E-state index in [4.69, 9.17) is 16.2 Å². The molecule has 6 nitrogen and oxygen atoms in total. The Hall–Kier alpha value is -3.02. The van der Waals surface area contributed by atoms with Gasteiger partial charge in [0.25, 0.3) is 0 Å². The lowest BCUT2D eigenvalue weighted by atomic mass is 10.2. The molecule has 0 saturated carbocycles. The van der Waals surface area contributed by atoms with Crippen LogP contribution in [0.4, 0.5) is 10.5 Å². The average Bonchev–Trinajstić information content (AvgIpc) is 2.47. The molecule has 0 aromatic heterocycles. The van der Waals surface area contributed by atoms with Gasteiger partial charge in [-0.05, 0) is 29.8 Å². The first-order valence-electron chi connectivity index (χ1n) is 6.32. The molecule has 2 aromatic carbocycles. The van der Waals surface area contributed by atoms with E-state index in [0.717, 1.165) is 5.56 Å². The Bertz CT molecular complexity index is 620. The van der Waals surface area contributed by atoms with E-state index in [1.54, 1.807) is 36.4 Å². The van der Waals surface area contributed by atoms with Gasteiger partial charge in [-0.3, -0.25) is 5.32 Å². The molecule has 0 aliphatic rings. The molecule has 1 amide bonds. The second-order valence-electron chi connectivity index (χ2n) is 4.27. The Balaban J connectivity index is 1.91. The van der Waals surface area contributed by atoms with Gasteiger partial charge in [0.2, 0.25) is 0 Å². The van der Waals surface area contributed by atoms with Crippen LogP contribution in [0.5, 0.6) is 5.75 Å². The third-order valence-corrected chi connectivity index (χ3v) is 2.60. The molecule has 6 heteroatoms. The number of ether oxygens (including phenoxy) is 1. The Morgan fingerprint density at radius 2 is 1.71 bits per heavy atom. The normalized spacial score (nSPS) is 9.71. The number of rotatable bonds is 4.